The Morgan fingerprint density at radius 2 is 1.90 bits per heavy atom. The zero-order valence-electron chi connectivity index (χ0n) is 23.3. The molecular weight excluding hydrogens is 586 g/mol. The molecule has 1 spiro atoms. The maximum absolute atomic E-state index is 15.9. The van der Waals surface area contributed by atoms with Crippen LogP contribution in [-0.4, -0.2) is 35.9 Å². The highest BCUT2D eigenvalue weighted by Crippen LogP contribution is 2.57. The number of nitrogens with one attached hydrogen (secondary N) is 3. The third-order valence-electron chi connectivity index (χ3n) is 7.87. The number of halogens is 3. The quantitative estimate of drug-likeness (QED) is 0.217. The summed E-state index contributed by atoms with van der Waals surface area (Å²) in [6.07, 6.45) is 0.450. The van der Waals surface area contributed by atoms with Crippen LogP contribution in [0.1, 0.15) is 44.2 Å². The lowest BCUT2D eigenvalue weighted by Crippen LogP contribution is -2.49. The van der Waals surface area contributed by atoms with Gasteiger partial charge in [-0.3, -0.25) is 19.7 Å². The van der Waals surface area contributed by atoms with Crippen molar-refractivity contribution in [2.45, 2.75) is 50.6 Å². The van der Waals surface area contributed by atoms with E-state index in [1.54, 1.807) is 24.3 Å². The van der Waals surface area contributed by atoms with Crippen LogP contribution in [0.15, 0.2) is 54.6 Å². The van der Waals surface area contributed by atoms with Gasteiger partial charge in [0.05, 0.1) is 34.9 Å². The second-order valence-electron chi connectivity index (χ2n) is 11.7. The van der Waals surface area contributed by atoms with Gasteiger partial charge in [-0.25, -0.2) is 4.39 Å². The van der Waals surface area contributed by atoms with Crippen LogP contribution >= 0.6 is 23.2 Å². The monoisotopic (exact) mass is 614 g/mol. The van der Waals surface area contributed by atoms with Crippen molar-refractivity contribution < 1.29 is 23.6 Å². The lowest BCUT2D eigenvalue weighted by molar-refractivity contribution is -0.384. The van der Waals surface area contributed by atoms with Crippen LogP contribution in [0, 0.1) is 21.3 Å². The van der Waals surface area contributed by atoms with E-state index in [9.17, 15) is 19.7 Å². The first kappa shape index (κ1) is 29.8. The molecule has 1 fully saturated rings. The number of fused-ring (bicyclic) bond motifs is 2. The summed E-state index contributed by atoms with van der Waals surface area (Å²) in [5.41, 5.74) is -0.586. The second kappa shape index (κ2) is 10.8. The minimum atomic E-state index is -1.42. The SMILES string of the molecule is COc1cc([N+](=O)[O-])ccc1NC(=O)C1NC(CC(C)(C)C)C2(C(=O)Nc3cc(Cl)ccc32)C1c1cccc(Cl)c1F. The van der Waals surface area contributed by atoms with Crippen LogP contribution in [0.25, 0.3) is 0 Å². The van der Waals surface area contributed by atoms with E-state index in [2.05, 4.69) is 16.0 Å². The van der Waals surface area contributed by atoms with Crippen LogP contribution in [-0.2, 0) is 15.0 Å². The number of rotatable bonds is 6. The maximum Gasteiger partial charge on any atom is 0.273 e. The lowest BCUT2D eigenvalue weighted by Gasteiger charge is -2.37. The summed E-state index contributed by atoms with van der Waals surface area (Å²) >= 11 is 12.5. The molecule has 2 heterocycles. The fraction of sp³-hybridized carbons (Fsp3) is 0.333. The number of carbonyl (C=O) groups excluding carboxylic acids is 2. The summed E-state index contributed by atoms with van der Waals surface area (Å²) in [7, 11) is 1.33. The number of hydrogen-bond acceptors (Lipinski definition) is 6. The van der Waals surface area contributed by atoms with Crippen molar-refractivity contribution in [3.8, 4) is 5.75 Å². The molecule has 0 radical (unpaired) electrons. The number of nitrogens with zero attached hydrogens (tertiary/aromatic N) is 1. The van der Waals surface area contributed by atoms with Crippen LogP contribution in [0.4, 0.5) is 21.5 Å². The number of anilines is 2. The minimum absolute atomic E-state index is 0.0700. The van der Waals surface area contributed by atoms with E-state index in [0.717, 1.165) is 0 Å². The summed E-state index contributed by atoms with van der Waals surface area (Å²) in [5, 5.41) is 20.6. The first-order valence-corrected chi connectivity index (χ1v) is 14.0. The van der Waals surface area contributed by atoms with Crippen molar-refractivity contribution in [1.29, 1.82) is 0 Å². The van der Waals surface area contributed by atoms with Crippen molar-refractivity contribution in [1.82, 2.24) is 5.32 Å². The normalized spacial score (nSPS) is 23.0. The largest absolute Gasteiger partial charge is 0.494 e. The molecule has 2 amide bonds. The lowest BCUT2D eigenvalue weighted by atomic mass is 9.62. The third kappa shape index (κ3) is 4.97. The predicted molar refractivity (Wildman–Crippen MR) is 159 cm³/mol. The van der Waals surface area contributed by atoms with E-state index in [1.807, 2.05) is 20.8 Å². The highest BCUT2D eigenvalue weighted by molar-refractivity contribution is 6.31. The standard InChI is InChI=1S/C30H29Cl2FN4O5/c1-29(2,3)14-23-30(18-10-8-15(31)12-21(18)35-28(30)39)24(17-6-5-7-19(32)25(17)33)26(36-23)27(38)34-20-11-9-16(37(40)41)13-22(20)42-4/h5-13,23-24,26,36H,14H2,1-4H3,(H,34,38)(H,35,39). The van der Waals surface area contributed by atoms with Crippen molar-refractivity contribution >= 4 is 52.1 Å². The number of nitro benzene ring substituents is 1. The molecule has 42 heavy (non-hydrogen) atoms. The van der Waals surface area contributed by atoms with E-state index in [0.29, 0.717) is 22.7 Å². The first-order chi connectivity index (χ1) is 19.8. The summed E-state index contributed by atoms with van der Waals surface area (Å²) in [5.74, 6) is -2.69. The number of hydrogen-bond donors (Lipinski definition) is 3. The van der Waals surface area contributed by atoms with Gasteiger partial charge in [0.25, 0.3) is 5.69 Å². The average molecular weight is 615 g/mol. The fourth-order valence-corrected chi connectivity index (χ4v) is 6.61. The molecule has 3 N–H and O–H groups in total. The van der Waals surface area contributed by atoms with Gasteiger partial charge in [0.1, 0.15) is 17.0 Å². The molecule has 4 unspecified atom stereocenters. The first-order valence-electron chi connectivity index (χ1n) is 13.2. The molecule has 5 rings (SSSR count). The molecule has 3 aromatic rings. The number of methoxy groups -OCH3 is 1. The van der Waals surface area contributed by atoms with Crippen LogP contribution in [0.5, 0.6) is 5.75 Å². The predicted octanol–water partition coefficient (Wildman–Crippen LogP) is 6.44. The van der Waals surface area contributed by atoms with E-state index in [4.69, 9.17) is 27.9 Å². The highest BCUT2D eigenvalue weighted by Gasteiger charge is 2.66. The number of amides is 2. The van der Waals surface area contributed by atoms with Gasteiger partial charge in [0.15, 0.2) is 0 Å². The van der Waals surface area contributed by atoms with Gasteiger partial charge in [-0.1, -0.05) is 62.2 Å². The molecule has 9 nitrogen and oxygen atoms in total. The molecule has 3 aromatic carbocycles. The minimum Gasteiger partial charge on any atom is -0.494 e. The fourth-order valence-electron chi connectivity index (χ4n) is 6.26. The molecule has 4 atom stereocenters. The highest BCUT2D eigenvalue weighted by atomic mass is 35.5. The number of carbonyl (C=O) groups is 2. The molecule has 220 valence electrons. The summed E-state index contributed by atoms with van der Waals surface area (Å²) in [6, 6.07) is 11.6. The second-order valence-corrected chi connectivity index (χ2v) is 12.6. The van der Waals surface area contributed by atoms with Crippen LogP contribution in [0.2, 0.25) is 10.0 Å². The molecule has 0 aromatic heterocycles. The van der Waals surface area contributed by atoms with Crippen molar-refractivity contribution in [2.75, 3.05) is 17.7 Å². The molecule has 1 saturated heterocycles. The Morgan fingerprint density at radius 1 is 1.17 bits per heavy atom. The third-order valence-corrected chi connectivity index (χ3v) is 8.40. The van der Waals surface area contributed by atoms with E-state index >= 15 is 4.39 Å². The maximum atomic E-state index is 15.9. The molecule has 2 aliphatic heterocycles. The number of nitro groups is 1. The van der Waals surface area contributed by atoms with Crippen molar-refractivity contribution in [3.63, 3.8) is 0 Å². The zero-order chi connectivity index (χ0) is 30.6. The van der Waals surface area contributed by atoms with Crippen molar-refractivity contribution in [2.24, 2.45) is 5.41 Å². The van der Waals surface area contributed by atoms with Gasteiger partial charge < -0.3 is 20.7 Å². The molecular formula is C30H29Cl2FN4O5. The molecule has 0 bridgehead atoms. The van der Waals surface area contributed by atoms with E-state index < -0.39 is 46.0 Å². The molecule has 12 heteroatoms. The van der Waals surface area contributed by atoms with E-state index in [1.165, 1.54) is 37.4 Å². The van der Waals surface area contributed by atoms with Crippen LogP contribution < -0.4 is 20.7 Å². The molecule has 0 aliphatic carbocycles. The van der Waals surface area contributed by atoms with Gasteiger partial charge in [-0.2, -0.15) is 0 Å². The number of non-ortho nitro benzene ring substituents is 1. The van der Waals surface area contributed by atoms with Gasteiger partial charge in [0.2, 0.25) is 11.8 Å². The average Bonchev–Trinajstić information content (AvgIpc) is 3.39. The van der Waals surface area contributed by atoms with Gasteiger partial charge in [-0.15, -0.1) is 0 Å². The Hall–Kier alpha value is -3.73. The van der Waals surface area contributed by atoms with Crippen molar-refractivity contribution in [3.05, 3.63) is 91.7 Å². The summed E-state index contributed by atoms with van der Waals surface area (Å²) < 4.78 is 21.2. The Morgan fingerprint density at radius 3 is 2.57 bits per heavy atom. The summed E-state index contributed by atoms with van der Waals surface area (Å²) in [6.45, 7) is 6.05. The smallest absolute Gasteiger partial charge is 0.273 e. The van der Waals surface area contributed by atoms with Gasteiger partial charge in [-0.05, 0) is 47.2 Å². The van der Waals surface area contributed by atoms with Crippen LogP contribution in [0.3, 0.4) is 0 Å². The Kier molecular flexibility index (Phi) is 7.67. The van der Waals surface area contributed by atoms with E-state index in [-0.39, 0.29) is 33.1 Å². The Bertz CT molecular complexity index is 1610. The number of benzene rings is 3. The van der Waals surface area contributed by atoms with Gasteiger partial charge >= 0.3 is 0 Å². The molecule has 2 aliphatic rings. The Labute approximate surface area is 251 Å². The Balaban J connectivity index is 1.70. The zero-order valence-corrected chi connectivity index (χ0v) is 24.8. The topological polar surface area (TPSA) is 123 Å². The molecule has 0 saturated carbocycles. The summed E-state index contributed by atoms with van der Waals surface area (Å²) in [4.78, 5) is 39.0. The number of ether oxygens (including phenoxy) is 1. The van der Waals surface area contributed by atoms with Gasteiger partial charge in [0, 0.05) is 28.7 Å².